The van der Waals surface area contributed by atoms with Crippen LogP contribution in [0.5, 0.6) is 0 Å². The molecule has 1 aliphatic heterocycles. The van der Waals surface area contributed by atoms with E-state index in [-0.39, 0.29) is 12.8 Å². The average Bonchev–Trinajstić information content (AvgIpc) is 3.21. The van der Waals surface area contributed by atoms with Gasteiger partial charge in [-0.2, -0.15) is 0 Å². The molecule has 11 heteroatoms. The van der Waals surface area contributed by atoms with Crippen molar-refractivity contribution in [1.29, 1.82) is 0 Å². The molecule has 0 spiro atoms. The van der Waals surface area contributed by atoms with E-state index in [9.17, 15) is 40.5 Å². The van der Waals surface area contributed by atoms with Gasteiger partial charge in [0, 0.05) is 0 Å². The predicted molar refractivity (Wildman–Crippen MR) is 229 cm³/mol. The minimum Gasteiger partial charge on any atom is -0.394 e. The topological polar surface area (TPSA) is 189 Å². The third kappa shape index (κ3) is 26.4. The van der Waals surface area contributed by atoms with Crippen LogP contribution in [0.1, 0.15) is 194 Å². The number of hydrogen-bond donors (Lipinski definition) is 8. The molecule has 0 aromatic carbocycles. The summed E-state index contributed by atoms with van der Waals surface area (Å²) in [6.07, 6.45) is 29.7. The highest BCUT2D eigenvalue weighted by molar-refractivity contribution is 5.80. The van der Waals surface area contributed by atoms with Gasteiger partial charge < -0.3 is 50.5 Å². The van der Waals surface area contributed by atoms with Gasteiger partial charge in [0.05, 0.1) is 25.4 Å². The molecular weight excluding hydrogens is 727 g/mol. The lowest BCUT2D eigenvalue weighted by atomic mass is 9.99. The molecule has 1 heterocycles. The van der Waals surface area contributed by atoms with Crippen molar-refractivity contribution in [1.82, 2.24) is 5.32 Å². The summed E-state index contributed by atoms with van der Waals surface area (Å²) in [5, 5.41) is 74.3. The maximum atomic E-state index is 12.9. The van der Waals surface area contributed by atoms with Crippen LogP contribution in [0.4, 0.5) is 0 Å². The van der Waals surface area contributed by atoms with Crippen molar-refractivity contribution in [2.24, 2.45) is 0 Å². The SMILES string of the molecule is CCCCCCCCCCC/C=C\C/C=C\CCCCCCCCCCCCCCC(O)C(=O)NC(COC1OC(CO)C(O)C(O)C1O)C(O)C(O)CCCC. The van der Waals surface area contributed by atoms with Crippen LogP contribution in [0.3, 0.4) is 0 Å². The molecule has 11 nitrogen and oxygen atoms in total. The summed E-state index contributed by atoms with van der Waals surface area (Å²) in [6, 6.07) is -1.16. The van der Waals surface area contributed by atoms with Crippen molar-refractivity contribution in [2.45, 2.75) is 249 Å². The second kappa shape index (κ2) is 36.4. The first-order chi connectivity index (χ1) is 27.7. The molecule has 0 bridgehead atoms. The van der Waals surface area contributed by atoms with Gasteiger partial charge in [0.2, 0.25) is 5.91 Å². The van der Waals surface area contributed by atoms with Crippen LogP contribution >= 0.6 is 0 Å². The number of carbonyl (C=O) groups excluding carboxylic acids is 1. The molecule has 0 aliphatic carbocycles. The molecule has 0 aromatic rings. The molecule has 57 heavy (non-hydrogen) atoms. The summed E-state index contributed by atoms with van der Waals surface area (Å²) in [5.74, 6) is -0.710. The van der Waals surface area contributed by atoms with Crippen molar-refractivity contribution in [3.63, 3.8) is 0 Å². The molecule has 336 valence electrons. The van der Waals surface area contributed by atoms with Crippen LogP contribution in [0.25, 0.3) is 0 Å². The Labute approximate surface area is 346 Å². The van der Waals surface area contributed by atoms with Crippen LogP contribution in [-0.4, -0.2) is 110 Å². The molecule has 9 atom stereocenters. The molecule has 0 radical (unpaired) electrons. The van der Waals surface area contributed by atoms with Gasteiger partial charge in [-0.05, 0) is 44.9 Å². The monoisotopic (exact) mass is 814 g/mol. The van der Waals surface area contributed by atoms with E-state index in [1.165, 1.54) is 122 Å². The maximum absolute atomic E-state index is 12.9. The first-order valence-corrected chi connectivity index (χ1v) is 23.2. The van der Waals surface area contributed by atoms with Crippen LogP contribution in [0.2, 0.25) is 0 Å². The maximum Gasteiger partial charge on any atom is 0.249 e. The van der Waals surface area contributed by atoms with E-state index >= 15 is 0 Å². The van der Waals surface area contributed by atoms with Crippen molar-refractivity contribution < 1.29 is 50.0 Å². The Bertz CT molecular complexity index is 981. The number of ether oxygens (including phenoxy) is 2. The molecule has 8 N–H and O–H groups in total. The molecular formula is C46H87NO10. The van der Waals surface area contributed by atoms with Gasteiger partial charge in [0.15, 0.2) is 6.29 Å². The van der Waals surface area contributed by atoms with E-state index in [1.54, 1.807) is 0 Å². The number of unbranched alkanes of at least 4 members (excludes halogenated alkanes) is 22. The summed E-state index contributed by atoms with van der Waals surface area (Å²) in [4.78, 5) is 12.9. The number of carbonyl (C=O) groups is 1. The van der Waals surface area contributed by atoms with Gasteiger partial charge in [-0.1, -0.05) is 173 Å². The second-order valence-electron chi connectivity index (χ2n) is 16.5. The largest absolute Gasteiger partial charge is 0.394 e. The first kappa shape index (κ1) is 53.6. The number of allylic oxidation sites excluding steroid dienone is 4. The predicted octanol–water partition coefficient (Wildman–Crippen LogP) is 7.45. The molecule has 1 fully saturated rings. The fourth-order valence-corrected chi connectivity index (χ4v) is 7.34. The zero-order chi connectivity index (χ0) is 41.9. The summed E-state index contributed by atoms with van der Waals surface area (Å²) in [7, 11) is 0. The number of rotatable bonds is 38. The zero-order valence-corrected chi connectivity index (χ0v) is 36.1. The molecule has 1 rings (SSSR count). The zero-order valence-electron chi connectivity index (χ0n) is 36.1. The Balaban J connectivity index is 2.12. The van der Waals surface area contributed by atoms with Gasteiger partial charge >= 0.3 is 0 Å². The van der Waals surface area contributed by atoms with Crippen molar-refractivity contribution >= 4 is 5.91 Å². The second-order valence-corrected chi connectivity index (χ2v) is 16.5. The van der Waals surface area contributed by atoms with Crippen molar-refractivity contribution in [3.8, 4) is 0 Å². The lowest BCUT2D eigenvalue weighted by Crippen LogP contribution is -2.60. The molecule has 1 saturated heterocycles. The van der Waals surface area contributed by atoms with Crippen molar-refractivity contribution in [3.05, 3.63) is 24.3 Å². The highest BCUT2D eigenvalue weighted by Gasteiger charge is 2.44. The van der Waals surface area contributed by atoms with Gasteiger partial charge in [0.25, 0.3) is 0 Å². The van der Waals surface area contributed by atoms with Gasteiger partial charge in [0.1, 0.15) is 36.6 Å². The quantitative estimate of drug-likeness (QED) is 0.0230. The lowest BCUT2D eigenvalue weighted by molar-refractivity contribution is -0.303. The van der Waals surface area contributed by atoms with Gasteiger partial charge in [-0.25, -0.2) is 0 Å². The minimum atomic E-state index is -1.66. The number of nitrogens with one attached hydrogen (secondary N) is 1. The normalized spacial score (nSPS) is 22.3. The highest BCUT2D eigenvalue weighted by atomic mass is 16.7. The minimum absolute atomic E-state index is 0.257. The van der Waals surface area contributed by atoms with Crippen LogP contribution in [0, 0.1) is 0 Å². The molecule has 9 unspecified atom stereocenters. The number of aliphatic hydroxyl groups excluding tert-OH is 7. The summed E-state index contributed by atoms with van der Waals surface area (Å²) in [6.45, 7) is 3.16. The molecule has 0 saturated carbocycles. The summed E-state index contributed by atoms with van der Waals surface area (Å²) >= 11 is 0. The Morgan fingerprint density at radius 2 is 1.09 bits per heavy atom. The fraction of sp³-hybridized carbons (Fsp3) is 0.891. The van der Waals surface area contributed by atoms with Crippen LogP contribution in [-0.2, 0) is 14.3 Å². The standard InChI is InChI=1S/C46H87NO10/c1-3-5-7-8-9-10-11-12-13-14-15-16-17-18-19-20-21-22-23-24-25-26-27-28-29-30-31-32-34-39(50)45(55)47-37(41(51)38(49)33-6-4-2)36-56-46-44(54)43(53)42(52)40(35-48)57-46/h15-16,18-19,37-44,46,48-54H,3-14,17,20-36H2,1-2H3,(H,47,55)/b16-15-,19-18-. The Hall–Kier alpha value is -1.41. The Kier molecular flexibility index (Phi) is 34.3. The molecule has 0 aromatic heterocycles. The van der Waals surface area contributed by atoms with Gasteiger partial charge in [-0.15, -0.1) is 0 Å². The van der Waals surface area contributed by atoms with E-state index in [4.69, 9.17) is 9.47 Å². The Morgan fingerprint density at radius 1 is 0.614 bits per heavy atom. The number of aliphatic hydroxyl groups is 7. The smallest absolute Gasteiger partial charge is 0.249 e. The van der Waals surface area contributed by atoms with E-state index in [1.807, 2.05) is 6.92 Å². The van der Waals surface area contributed by atoms with Crippen molar-refractivity contribution in [2.75, 3.05) is 13.2 Å². The fourth-order valence-electron chi connectivity index (χ4n) is 7.34. The average molecular weight is 814 g/mol. The third-order valence-corrected chi connectivity index (χ3v) is 11.3. The van der Waals surface area contributed by atoms with E-state index < -0.39 is 74.2 Å². The number of hydrogen-bond acceptors (Lipinski definition) is 10. The first-order valence-electron chi connectivity index (χ1n) is 23.2. The van der Waals surface area contributed by atoms with Crippen LogP contribution in [0.15, 0.2) is 24.3 Å². The third-order valence-electron chi connectivity index (χ3n) is 11.3. The van der Waals surface area contributed by atoms with E-state index in [2.05, 4.69) is 36.5 Å². The number of amides is 1. The van der Waals surface area contributed by atoms with E-state index in [0.717, 1.165) is 32.1 Å². The lowest BCUT2D eigenvalue weighted by Gasteiger charge is -2.40. The summed E-state index contributed by atoms with van der Waals surface area (Å²) < 4.78 is 10.9. The highest BCUT2D eigenvalue weighted by Crippen LogP contribution is 2.23. The summed E-state index contributed by atoms with van der Waals surface area (Å²) in [5.41, 5.74) is 0. The Morgan fingerprint density at radius 3 is 1.58 bits per heavy atom. The van der Waals surface area contributed by atoms with Gasteiger partial charge in [-0.3, -0.25) is 4.79 Å². The molecule has 1 amide bonds. The van der Waals surface area contributed by atoms with Crippen LogP contribution < -0.4 is 5.32 Å². The molecule has 1 aliphatic rings. The van der Waals surface area contributed by atoms with E-state index in [0.29, 0.717) is 12.8 Å².